The Balaban J connectivity index is 1.59. The molecular formula is C12H19N3O2. The van der Waals surface area contributed by atoms with Crippen molar-refractivity contribution in [2.75, 3.05) is 19.6 Å². The number of piperazine rings is 1. The van der Waals surface area contributed by atoms with Gasteiger partial charge in [-0.05, 0) is 31.6 Å². The molecule has 0 aromatic heterocycles. The van der Waals surface area contributed by atoms with Crippen LogP contribution in [0.2, 0.25) is 0 Å². The molecule has 3 rings (SSSR count). The lowest BCUT2D eigenvalue weighted by molar-refractivity contribution is -0.135. The molecule has 17 heavy (non-hydrogen) atoms. The van der Waals surface area contributed by atoms with Crippen molar-refractivity contribution in [1.29, 1.82) is 0 Å². The van der Waals surface area contributed by atoms with Gasteiger partial charge in [0.2, 0.25) is 11.8 Å². The first kappa shape index (κ1) is 11.0. The fourth-order valence-corrected chi connectivity index (χ4v) is 2.33. The molecule has 0 radical (unpaired) electrons. The molecule has 0 bridgehead atoms. The van der Waals surface area contributed by atoms with Crippen LogP contribution in [-0.4, -0.2) is 48.4 Å². The molecule has 2 aliphatic carbocycles. The van der Waals surface area contributed by atoms with Gasteiger partial charge in [-0.2, -0.15) is 0 Å². The normalized spacial score (nSPS) is 28.7. The molecule has 1 unspecified atom stereocenters. The number of carbonyl (C=O) groups excluding carboxylic acids is 2. The molecule has 5 nitrogen and oxygen atoms in total. The van der Waals surface area contributed by atoms with Crippen LogP contribution in [0.3, 0.4) is 0 Å². The molecule has 0 aromatic carbocycles. The first-order valence-electron chi connectivity index (χ1n) is 6.54. The van der Waals surface area contributed by atoms with E-state index < -0.39 is 0 Å². The van der Waals surface area contributed by atoms with Crippen LogP contribution >= 0.6 is 0 Å². The number of nitrogens with zero attached hydrogens (tertiary/aromatic N) is 1. The minimum Gasteiger partial charge on any atom is -0.353 e. The van der Waals surface area contributed by atoms with E-state index in [0.717, 1.165) is 25.3 Å². The summed E-state index contributed by atoms with van der Waals surface area (Å²) in [6, 6.07) is 0.259. The summed E-state index contributed by atoms with van der Waals surface area (Å²) in [6.07, 6.45) is 4.84. The second-order valence-electron chi connectivity index (χ2n) is 5.40. The van der Waals surface area contributed by atoms with Crippen LogP contribution in [0.5, 0.6) is 0 Å². The largest absolute Gasteiger partial charge is 0.353 e. The molecule has 5 heteroatoms. The van der Waals surface area contributed by atoms with Gasteiger partial charge >= 0.3 is 0 Å². The number of amides is 2. The molecule has 1 aliphatic heterocycles. The maximum atomic E-state index is 12.4. The van der Waals surface area contributed by atoms with E-state index in [0.29, 0.717) is 12.6 Å². The number of hydrogen-bond donors (Lipinski definition) is 2. The minimum absolute atomic E-state index is 0.0192. The third-order valence-corrected chi connectivity index (χ3v) is 3.73. The Bertz CT molecular complexity index is 327. The average molecular weight is 237 g/mol. The van der Waals surface area contributed by atoms with Crippen molar-refractivity contribution in [1.82, 2.24) is 15.5 Å². The van der Waals surface area contributed by atoms with Crippen molar-refractivity contribution >= 4 is 11.8 Å². The van der Waals surface area contributed by atoms with Crippen LogP contribution < -0.4 is 10.6 Å². The summed E-state index contributed by atoms with van der Waals surface area (Å²) in [7, 11) is 0. The second-order valence-corrected chi connectivity index (χ2v) is 5.40. The standard InChI is InChI=1S/C12H19N3O2/c16-11-6-13-10(5-14-11)12(17)15(9-3-4-9)7-8-1-2-8/h8-10,13H,1-7H2,(H,14,16). The lowest BCUT2D eigenvalue weighted by Crippen LogP contribution is -2.59. The topological polar surface area (TPSA) is 61.4 Å². The first-order chi connectivity index (χ1) is 8.24. The number of carbonyl (C=O) groups is 2. The van der Waals surface area contributed by atoms with Crippen LogP contribution in [0.1, 0.15) is 25.7 Å². The summed E-state index contributed by atoms with van der Waals surface area (Å²) in [5.74, 6) is 0.895. The molecule has 2 N–H and O–H groups in total. The van der Waals surface area contributed by atoms with Gasteiger partial charge in [0.15, 0.2) is 0 Å². The molecule has 94 valence electrons. The van der Waals surface area contributed by atoms with Crippen LogP contribution in [0.15, 0.2) is 0 Å². The molecule has 2 saturated carbocycles. The van der Waals surface area contributed by atoms with E-state index in [1.165, 1.54) is 12.8 Å². The molecule has 2 amide bonds. The van der Waals surface area contributed by atoms with Gasteiger partial charge in [0, 0.05) is 19.1 Å². The van der Waals surface area contributed by atoms with Gasteiger partial charge in [-0.3, -0.25) is 14.9 Å². The zero-order valence-electron chi connectivity index (χ0n) is 9.95. The van der Waals surface area contributed by atoms with Crippen LogP contribution in [0.4, 0.5) is 0 Å². The van der Waals surface area contributed by atoms with Gasteiger partial charge in [0.1, 0.15) is 6.04 Å². The molecule has 3 fully saturated rings. The molecular weight excluding hydrogens is 218 g/mol. The predicted octanol–water partition coefficient (Wildman–Crippen LogP) is -0.525. The summed E-state index contributed by atoms with van der Waals surface area (Å²) >= 11 is 0. The summed E-state index contributed by atoms with van der Waals surface area (Å²) in [5, 5.41) is 5.77. The summed E-state index contributed by atoms with van der Waals surface area (Å²) in [6.45, 7) is 1.62. The minimum atomic E-state index is -0.216. The summed E-state index contributed by atoms with van der Waals surface area (Å²) in [5.41, 5.74) is 0. The molecule has 0 aromatic rings. The lowest BCUT2D eigenvalue weighted by Gasteiger charge is -2.30. The molecule has 1 saturated heterocycles. The van der Waals surface area contributed by atoms with Crippen molar-refractivity contribution in [3.8, 4) is 0 Å². The van der Waals surface area contributed by atoms with Crippen LogP contribution in [-0.2, 0) is 9.59 Å². The van der Waals surface area contributed by atoms with E-state index in [1.807, 2.05) is 4.90 Å². The van der Waals surface area contributed by atoms with Crippen molar-refractivity contribution in [2.45, 2.75) is 37.8 Å². The van der Waals surface area contributed by atoms with Gasteiger partial charge < -0.3 is 10.2 Å². The Morgan fingerprint density at radius 2 is 2.06 bits per heavy atom. The molecule has 0 spiro atoms. The van der Waals surface area contributed by atoms with Crippen molar-refractivity contribution in [2.24, 2.45) is 5.92 Å². The lowest BCUT2D eigenvalue weighted by atomic mass is 10.2. The number of rotatable bonds is 4. The second kappa shape index (κ2) is 4.29. The Kier molecular flexibility index (Phi) is 2.78. The van der Waals surface area contributed by atoms with Gasteiger partial charge in [0.25, 0.3) is 0 Å². The van der Waals surface area contributed by atoms with E-state index in [4.69, 9.17) is 0 Å². The van der Waals surface area contributed by atoms with Crippen molar-refractivity contribution < 1.29 is 9.59 Å². The quantitative estimate of drug-likeness (QED) is 0.691. The van der Waals surface area contributed by atoms with E-state index in [-0.39, 0.29) is 24.4 Å². The third kappa shape index (κ3) is 2.60. The molecule has 3 aliphatic rings. The van der Waals surface area contributed by atoms with E-state index in [1.54, 1.807) is 0 Å². The molecule has 1 heterocycles. The average Bonchev–Trinajstić information content (AvgIpc) is 3.18. The van der Waals surface area contributed by atoms with Crippen LogP contribution in [0.25, 0.3) is 0 Å². The highest BCUT2D eigenvalue weighted by Crippen LogP contribution is 2.35. The Morgan fingerprint density at radius 1 is 1.29 bits per heavy atom. The Hall–Kier alpha value is -1.10. The van der Waals surface area contributed by atoms with Crippen molar-refractivity contribution in [3.05, 3.63) is 0 Å². The Labute approximate surface area is 101 Å². The fourth-order valence-electron chi connectivity index (χ4n) is 2.33. The summed E-state index contributed by atoms with van der Waals surface area (Å²) < 4.78 is 0. The van der Waals surface area contributed by atoms with Gasteiger partial charge in [-0.1, -0.05) is 0 Å². The van der Waals surface area contributed by atoms with Gasteiger partial charge in [0.05, 0.1) is 6.54 Å². The van der Waals surface area contributed by atoms with E-state index in [9.17, 15) is 9.59 Å². The van der Waals surface area contributed by atoms with E-state index in [2.05, 4.69) is 10.6 Å². The zero-order chi connectivity index (χ0) is 11.8. The number of hydrogen-bond acceptors (Lipinski definition) is 3. The Morgan fingerprint density at radius 3 is 2.59 bits per heavy atom. The van der Waals surface area contributed by atoms with Gasteiger partial charge in [-0.25, -0.2) is 0 Å². The first-order valence-corrected chi connectivity index (χ1v) is 6.54. The van der Waals surface area contributed by atoms with E-state index >= 15 is 0 Å². The third-order valence-electron chi connectivity index (χ3n) is 3.73. The highest BCUT2D eigenvalue weighted by Gasteiger charge is 2.39. The smallest absolute Gasteiger partial charge is 0.241 e. The zero-order valence-corrected chi connectivity index (χ0v) is 9.95. The fraction of sp³-hybridized carbons (Fsp3) is 0.833. The summed E-state index contributed by atoms with van der Waals surface area (Å²) in [4.78, 5) is 25.4. The highest BCUT2D eigenvalue weighted by molar-refractivity contribution is 5.87. The predicted molar refractivity (Wildman–Crippen MR) is 62.3 cm³/mol. The van der Waals surface area contributed by atoms with Crippen LogP contribution in [0, 0.1) is 5.92 Å². The van der Waals surface area contributed by atoms with Crippen molar-refractivity contribution in [3.63, 3.8) is 0 Å². The maximum absolute atomic E-state index is 12.4. The monoisotopic (exact) mass is 237 g/mol. The number of nitrogens with one attached hydrogen (secondary N) is 2. The highest BCUT2D eigenvalue weighted by atomic mass is 16.2. The maximum Gasteiger partial charge on any atom is 0.241 e. The van der Waals surface area contributed by atoms with Gasteiger partial charge in [-0.15, -0.1) is 0 Å². The SMILES string of the molecule is O=C1CNC(C(=O)N(CC2CC2)C2CC2)CN1. The molecule has 1 atom stereocenters.